The minimum atomic E-state index is -0.229. The van der Waals surface area contributed by atoms with E-state index in [4.69, 9.17) is 9.47 Å². The summed E-state index contributed by atoms with van der Waals surface area (Å²) in [6.07, 6.45) is -0.204. The first-order valence-electron chi connectivity index (χ1n) is 7.25. The molecule has 2 aromatic carbocycles. The van der Waals surface area contributed by atoms with Crippen LogP contribution in [0.25, 0.3) is 0 Å². The van der Waals surface area contributed by atoms with E-state index in [1.54, 1.807) is 0 Å². The Morgan fingerprint density at radius 1 is 1.09 bits per heavy atom. The summed E-state index contributed by atoms with van der Waals surface area (Å²) in [6.45, 7) is 0.605. The van der Waals surface area contributed by atoms with Crippen LogP contribution in [0, 0.1) is 5.92 Å². The molecule has 22 heavy (non-hydrogen) atoms. The van der Waals surface area contributed by atoms with E-state index in [1.807, 2.05) is 48.5 Å². The third-order valence-electron chi connectivity index (χ3n) is 3.80. The molecule has 0 N–H and O–H groups in total. The fourth-order valence-electron chi connectivity index (χ4n) is 2.74. The van der Waals surface area contributed by atoms with Gasteiger partial charge in [0.25, 0.3) is 0 Å². The summed E-state index contributed by atoms with van der Waals surface area (Å²) in [4.78, 5) is 12.5. The minimum absolute atomic E-state index is 0.172. The molecule has 4 heteroatoms. The number of hydrogen-bond acceptors (Lipinski definition) is 3. The van der Waals surface area contributed by atoms with Gasteiger partial charge in [-0.25, -0.2) is 0 Å². The van der Waals surface area contributed by atoms with Crippen LogP contribution in [0.5, 0.6) is 0 Å². The van der Waals surface area contributed by atoms with Crippen molar-refractivity contribution in [2.75, 3.05) is 13.7 Å². The number of rotatable bonds is 4. The number of methoxy groups -OCH3 is 1. The molecule has 114 valence electrons. The van der Waals surface area contributed by atoms with Crippen LogP contribution in [-0.2, 0) is 14.3 Å². The summed E-state index contributed by atoms with van der Waals surface area (Å²) in [5.74, 6) is -0.401. The normalized spacial score (nSPS) is 24.1. The van der Waals surface area contributed by atoms with Crippen LogP contribution >= 0.6 is 0 Å². The van der Waals surface area contributed by atoms with Gasteiger partial charge in [-0.05, 0) is 0 Å². The van der Waals surface area contributed by atoms with Gasteiger partial charge in [-0.1, -0.05) is 0 Å². The average Bonchev–Trinajstić information content (AvgIpc) is 2.99. The van der Waals surface area contributed by atoms with Crippen LogP contribution in [0.4, 0.5) is 0 Å². The van der Waals surface area contributed by atoms with Crippen molar-refractivity contribution in [3.8, 4) is 0 Å². The molecule has 0 saturated carbocycles. The van der Waals surface area contributed by atoms with Gasteiger partial charge in [0, 0.05) is 0 Å². The zero-order chi connectivity index (χ0) is 15.4. The van der Waals surface area contributed by atoms with E-state index in [0.29, 0.717) is 6.61 Å². The van der Waals surface area contributed by atoms with Crippen LogP contribution in [0.1, 0.15) is 11.7 Å². The third kappa shape index (κ3) is 3.25. The molecule has 3 atom stereocenters. The Bertz CT molecular complexity index is 615. The van der Waals surface area contributed by atoms with E-state index >= 15 is 0 Å². The third-order valence-corrected chi connectivity index (χ3v) is 6.48. The zero-order valence-electron chi connectivity index (χ0n) is 12.3. The van der Waals surface area contributed by atoms with Gasteiger partial charge < -0.3 is 0 Å². The first-order chi connectivity index (χ1) is 10.8. The van der Waals surface area contributed by atoms with Crippen LogP contribution in [0.15, 0.2) is 60.7 Å². The Kier molecular flexibility index (Phi) is 4.93. The van der Waals surface area contributed by atoms with E-state index in [9.17, 15) is 4.79 Å². The fourth-order valence-corrected chi connectivity index (χ4v) is 5.28. The van der Waals surface area contributed by atoms with Crippen molar-refractivity contribution in [3.05, 3.63) is 66.2 Å². The summed E-state index contributed by atoms with van der Waals surface area (Å²) in [7, 11) is 1.45. The zero-order valence-corrected chi connectivity index (χ0v) is 14.1. The second kappa shape index (κ2) is 7.10. The second-order valence-corrected chi connectivity index (χ2v) is 7.94. The van der Waals surface area contributed by atoms with Crippen LogP contribution in [0.3, 0.4) is 0 Å². The van der Waals surface area contributed by atoms with E-state index in [-0.39, 0.29) is 37.8 Å². The molecule has 1 aliphatic rings. The molecule has 1 fully saturated rings. The monoisotopic (exact) mass is 362 g/mol. The molecule has 3 nitrogen and oxygen atoms in total. The van der Waals surface area contributed by atoms with Gasteiger partial charge >= 0.3 is 136 Å². The summed E-state index contributed by atoms with van der Waals surface area (Å²) < 4.78 is 12.3. The molecule has 0 bridgehead atoms. The van der Waals surface area contributed by atoms with Gasteiger partial charge in [-0.15, -0.1) is 0 Å². The molecule has 2 aromatic rings. The molecule has 1 aliphatic heterocycles. The van der Waals surface area contributed by atoms with Crippen LogP contribution in [0.2, 0.25) is 4.82 Å². The van der Waals surface area contributed by atoms with Gasteiger partial charge in [0.05, 0.1) is 0 Å². The molecule has 0 aliphatic carbocycles. The van der Waals surface area contributed by atoms with Gasteiger partial charge in [-0.2, -0.15) is 0 Å². The number of esters is 1. The molecule has 0 aromatic heterocycles. The van der Waals surface area contributed by atoms with Crippen molar-refractivity contribution in [2.45, 2.75) is 10.9 Å². The Labute approximate surface area is 136 Å². The van der Waals surface area contributed by atoms with Gasteiger partial charge in [0.1, 0.15) is 0 Å². The predicted molar refractivity (Wildman–Crippen MR) is 86.2 cm³/mol. The Hall–Kier alpha value is -1.61. The number of hydrogen-bond donors (Lipinski definition) is 0. The van der Waals surface area contributed by atoms with E-state index in [0.717, 1.165) is 5.56 Å². The van der Waals surface area contributed by atoms with E-state index in [2.05, 4.69) is 12.1 Å². The number of benzene rings is 2. The van der Waals surface area contributed by atoms with Crippen molar-refractivity contribution in [2.24, 2.45) is 5.92 Å². The summed E-state index contributed by atoms with van der Waals surface area (Å²) in [6, 6.07) is 20.3. The topological polar surface area (TPSA) is 35.5 Å². The van der Waals surface area contributed by atoms with Gasteiger partial charge in [0.2, 0.25) is 0 Å². The number of carbonyl (C=O) groups excluding carboxylic acids is 1. The average molecular weight is 361 g/mol. The molecule has 0 unspecified atom stereocenters. The van der Waals surface area contributed by atoms with Crippen molar-refractivity contribution in [1.82, 2.24) is 0 Å². The van der Waals surface area contributed by atoms with Gasteiger partial charge in [-0.3, -0.25) is 0 Å². The van der Waals surface area contributed by atoms with Crippen molar-refractivity contribution >= 4 is 25.4 Å². The van der Waals surface area contributed by atoms with E-state index in [1.165, 1.54) is 11.6 Å². The van der Waals surface area contributed by atoms with Crippen molar-refractivity contribution < 1.29 is 14.3 Å². The Morgan fingerprint density at radius 3 is 2.36 bits per heavy atom. The molecule has 0 amide bonds. The first kappa shape index (κ1) is 15.3. The molecule has 0 radical (unpaired) electrons. The molecule has 1 saturated heterocycles. The Morgan fingerprint density at radius 2 is 1.73 bits per heavy atom. The first-order valence-corrected chi connectivity index (χ1v) is 9.10. The van der Waals surface area contributed by atoms with Crippen molar-refractivity contribution in [1.29, 1.82) is 0 Å². The number of ether oxygens (including phenoxy) is 2. The fraction of sp³-hybridized carbons (Fsp3) is 0.278. The standard InChI is InChI=1S/C18H18O3Se/c1-20-18(19)16-15(22-14-10-6-3-7-11-14)12-21-17(16)13-8-4-2-5-9-13/h2-11,15-17H,12H2,1H3/t15-,16-,17+/m0/s1. The molecule has 1 heterocycles. The molecular formula is C18H18O3Se. The quantitative estimate of drug-likeness (QED) is 0.620. The summed E-state index contributed by atoms with van der Waals surface area (Å²) >= 11 is 0.184. The molecular weight excluding hydrogens is 343 g/mol. The molecule has 3 rings (SSSR count). The van der Waals surface area contributed by atoms with Crippen molar-refractivity contribution in [3.63, 3.8) is 0 Å². The predicted octanol–water partition coefficient (Wildman–Crippen LogP) is 2.37. The van der Waals surface area contributed by atoms with Gasteiger partial charge in [0.15, 0.2) is 0 Å². The van der Waals surface area contributed by atoms with Crippen LogP contribution in [-0.4, -0.2) is 34.6 Å². The molecule has 0 spiro atoms. The maximum absolute atomic E-state index is 12.3. The SMILES string of the molecule is COC(=O)[C@H]1[C@@H]([Se]c2ccccc2)CO[C@@H]1c1ccccc1. The summed E-state index contributed by atoms with van der Waals surface area (Å²) in [5, 5.41) is 0. The number of carbonyl (C=O) groups is 1. The Balaban J connectivity index is 1.83. The second-order valence-electron chi connectivity index (χ2n) is 5.18. The van der Waals surface area contributed by atoms with E-state index < -0.39 is 0 Å². The summed E-state index contributed by atoms with van der Waals surface area (Å²) in [5.41, 5.74) is 1.05. The maximum atomic E-state index is 12.3. The van der Waals surface area contributed by atoms with Crippen LogP contribution < -0.4 is 4.46 Å².